The molecule has 10 heteroatoms. The minimum absolute atomic E-state index is 0.133. The number of carbonyl (C=O) groups excluding carboxylic acids is 2. The highest BCUT2D eigenvalue weighted by Crippen LogP contribution is 2.37. The number of carbonyl (C=O) groups is 2. The summed E-state index contributed by atoms with van der Waals surface area (Å²) in [4.78, 5) is 24.3. The Labute approximate surface area is 162 Å². The van der Waals surface area contributed by atoms with Crippen molar-refractivity contribution in [1.29, 1.82) is 5.26 Å². The zero-order valence-electron chi connectivity index (χ0n) is 14.5. The molecule has 0 bridgehead atoms. The van der Waals surface area contributed by atoms with Crippen LogP contribution in [0.25, 0.3) is 0 Å². The van der Waals surface area contributed by atoms with Gasteiger partial charge >= 0.3 is 5.92 Å². The summed E-state index contributed by atoms with van der Waals surface area (Å²) >= 11 is 5.64. The Hall–Kier alpha value is -2.99. The fourth-order valence-corrected chi connectivity index (χ4v) is 2.76. The molecule has 146 valence electrons. The van der Waals surface area contributed by atoms with Crippen molar-refractivity contribution < 1.29 is 22.8 Å². The first-order valence-corrected chi connectivity index (χ1v) is 8.51. The van der Waals surface area contributed by atoms with Gasteiger partial charge in [0, 0.05) is 18.9 Å². The lowest BCUT2D eigenvalue weighted by molar-refractivity contribution is -0.148. The lowest BCUT2D eigenvalue weighted by Crippen LogP contribution is -2.45. The van der Waals surface area contributed by atoms with Gasteiger partial charge in [0.2, 0.25) is 0 Å². The summed E-state index contributed by atoms with van der Waals surface area (Å²) in [5.74, 6) is -6.96. The van der Waals surface area contributed by atoms with Gasteiger partial charge in [0.05, 0.1) is 22.3 Å². The number of hydrogen-bond acceptors (Lipinski definition) is 3. The van der Waals surface area contributed by atoms with Crippen LogP contribution in [0, 0.1) is 17.1 Å². The molecular formula is C18H14ClF3N4O2. The van der Waals surface area contributed by atoms with Gasteiger partial charge in [0.1, 0.15) is 11.4 Å². The highest BCUT2D eigenvalue weighted by molar-refractivity contribution is 6.31. The Bertz CT molecular complexity index is 1010. The van der Waals surface area contributed by atoms with Gasteiger partial charge in [-0.3, -0.25) is 9.59 Å². The first-order chi connectivity index (χ1) is 13.1. The second-order valence-corrected chi connectivity index (χ2v) is 6.94. The summed E-state index contributed by atoms with van der Waals surface area (Å²) in [5.41, 5.74) is -1.91. The van der Waals surface area contributed by atoms with E-state index in [1.54, 1.807) is 0 Å². The zero-order chi connectivity index (χ0) is 20.7. The van der Waals surface area contributed by atoms with Crippen LogP contribution < -0.4 is 10.6 Å². The number of rotatable bonds is 5. The molecule has 1 heterocycles. The molecule has 1 fully saturated rings. The standard InChI is InChI=1S/C18H14ClF3N4O2/c1-26-8-10(15(27)24-11-2-3-13(20)12(19)7-11)6-14(26)18(21,22)16(28)25-17(9-23)4-5-17/h2-3,6-8H,4-5H2,1H3,(H,24,27)(H,25,28). The summed E-state index contributed by atoms with van der Waals surface area (Å²) in [6.45, 7) is 0. The van der Waals surface area contributed by atoms with E-state index in [4.69, 9.17) is 16.9 Å². The van der Waals surface area contributed by atoms with Gasteiger partial charge in [0.25, 0.3) is 11.8 Å². The SMILES string of the molecule is Cn1cc(C(=O)Nc2ccc(F)c(Cl)c2)cc1C(F)(F)C(=O)NC1(C#N)CC1. The Kier molecular flexibility index (Phi) is 4.85. The molecule has 6 nitrogen and oxygen atoms in total. The van der Waals surface area contributed by atoms with Crippen molar-refractivity contribution in [3.63, 3.8) is 0 Å². The number of halogens is 4. The number of nitriles is 1. The monoisotopic (exact) mass is 410 g/mol. The fourth-order valence-electron chi connectivity index (χ4n) is 2.58. The van der Waals surface area contributed by atoms with E-state index >= 15 is 0 Å². The summed E-state index contributed by atoms with van der Waals surface area (Å²) in [7, 11) is 1.26. The first-order valence-electron chi connectivity index (χ1n) is 8.13. The average molecular weight is 411 g/mol. The number of anilines is 1. The van der Waals surface area contributed by atoms with E-state index < -0.39 is 34.8 Å². The van der Waals surface area contributed by atoms with Gasteiger partial charge in [-0.25, -0.2) is 4.39 Å². The lowest BCUT2D eigenvalue weighted by atomic mass is 10.1. The van der Waals surface area contributed by atoms with Crippen LogP contribution >= 0.6 is 11.6 Å². The predicted molar refractivity (Wildman–Crippen MR) is 94.4 cm³/mol. The van der Waals surface area contributed by atoms with Crippen LogP contribution in [0.1, 0.15) is 28.9 Å². The minimum Gasteiger partial charge on any atom is -0.348 e. The van der Waals surface area contributed by atoms with Crippen molar-refractivity contribution in [1.82, 2.24) is 9.88 Å². The second kappa shape index (κ2) is 6.87. The van der Waals surface area contributed by atoms with Crippen molar-refractivity contribution in [3.8, 4) is 6.07 Å². The average Bonchev–Trinajstić information content (AvgIpc) is 3.29. The molecule has 2 N–H and O–H groups in total. The molecule has 1 aliphatic rings. The van der Waals surface area contributed by atoms with Crippen LogP contribution in [-0.4, -0.2) is 21.9 Å². The van der Waals surface area contributed by atoms with Crippen LogP contribution in [0.3, 0.4) is 0 Å². The number of alkyl halides is 2. The summed E-state index contributed by atoms with van der Waals surface area (Å²) in [6.07, 6.45) is 1.76. The third-order valence-corrected chi connectivity index (χ3v) is 4.66. The Morgan fingerprint density at radius 3 is 2.57 bits per heavy atom. The molecule has 3 rings (SSSR count). The molecule has 0 aliphatic heterocycles. The first kappa shape index (κ1) is 19.8. The van der Waals surface area contributed by atoms with E-state index in [-0.39, 0.29) is 16.3 Å². The van der Waals surface area contributed by atoms with E-state index in [0.717, 1.165) is 22.9 Å². The van der Waals surface area contributed by atoms with E-state index in [9.17, 15) is 22.8 Å². The smallest absolute Gasteiger partial charge is 0.348 e. The quantitative estimate of drug-likeness (QED) is 0.792. The van der Waals surface area contributed by atoms with Crippen LogP contribution in [0.5, 0.6) is 0 Å². The normalized spacial score (nSPS) is 14.9. The van der Waals surface area contributed by atoms with Crippen LogP contribution in [0.4, 0.5) is 18.9 Å². The molecule has 1 aromatic carbocycles. The van der Waals surface area contributed by atoms with Crippen molar-refractivity contribution >= 4 is 29.1 Å². The molecule has 2 aromatic rings. The number of benzene rings is 1. The maximum atomic E-state index is 14.6. The number of nitrogens with zero attached hydrogens (tertiary/aromatic N) is 2. The number of amides is 2. The summed E-state index contributed by atoms with van der Waals surface area (Å²) < 4.78 is 43.3. The summed E-state index contributed by atoms with van der Waals surface area (Å²) in [5, 5.41) is 13.2. The highest BCUT2D eigenvalue weighted by Gasteiger charge is 2.51. The van der Waals surface area contributed by atoms with Gasteiger partial charge in [-0.05, 0) is 37.1 Å². The van der Waals surface area contributed by atoms with Gasteiger partial charge in [-0.15, -0.1) is 0 Å². The van der Waals surface area contributed by atoms with Gasteiger partial charge in [0.15, 0.2) is 0 Å². The maximum absolute atomic E-state index is 14.6. The van der Waals surface area contributed by atoms with Crippen molar-refractivity contribution in [2.45, 2.75) is 24.3 Å². The van der Waals surface area contributed by atoms with Gasteiger partial charge in [-0.1, -0.05) is 11.6 Å². The summed E-state index contributed by atoms with van der Waals surface area (Å²) in [6, 6.07) is 6.18. The molecule has 0 spiro atoms. The topological polar surface area (TPSA) is 86.9 Å². The molecule has 1 aromatic heterocycles. The zero-order valence-corrected chi connectivity index (χ0v) is 15.3. The van der Waals surface area contributed by atoms with Gasteiger partial charge < -0.3 is 15.2 Å². The molecule has 28 heavy (non-hydrogen) atoms. The van der Waals surface area contributed by atoms with Gasteiger partial charge in [-0.2, -0.15) is 14.0 Å². The fraction of sp³-hybridized carbons (Fsp3) is 0.278. The number of nitrogens with one attached hydrogen (secondary N) is 2. The van der Waals surface area contributed by atoms with Crippen LogP contribution in [0.2, 0.25) is 5.02 Å². The van der Waals surface area contributed by atoms with Crippen LogP contribution in [-0.2, 0) is 17.8 Å². The molecule has 0 atom stereocenters. The molecule has 0 saturated heterocycles. The molecule has 1 aliphatic carbocycles. The lowest BCUT2D eigenvalue weighted by Gasteiger charge is -2.18. The number of hydrogen-bond donors (Lipinski definition) is 2. The molecular weight excluding hydrogens is 397 g/mol. The second-order valence-electron chi connectivity index (χ2n) is 6.53. The maximum Gasteiger partial charge on any atom is 0.364 e. The third kappa shape index (κ3) is 3.68. The van der Waals surface area contributed by atoms with Crippen LogP contribution in [0.15, 0.2) is 30.5 Å². The van der Waals surface area contributed by atoms with E-state index in [0.29, 0.717) is 12.8 Å². The predicted octanol–water partition coefficient (Wildman–Crippen LogP) is 3.33. The number of aryl methyl sites for hydroxylation is 1. The molecule has 0 unspecified atom stereocenters. The largest absolute Gasteiger partial charge is 0.364 e. The minimum atomic E-state index is -3.95. The third-order valence-electron chi connectivity index (χ3n) is 4.37. The number of aromatic nitrogens is 1. The van der Waals surface area contributed by atoms with E-state index in [1.165, 1.54) is 19.2 Å². The van der Waals surface area contributed by atoms with Crippen molar-refractivity contribution in [2.75, 3.05) is 5.32 Å². The molecule has 1 saturated carbocycles. The van der Waals surface area contributed by atoms with E-state index in [2.05, 4.69) is 10.6 Å². The highest BCUT2D eigenvalue weighted by atomic mass is 35.5. The molecule has 2 amide bonds. The van der Waals surface area contributed by atoms with Crippen molar-refractivity contribution in [2.24, 2.45) is 7.05 Å². The van der Waals surface area contributed by atoms with E-state index in [1.807, 2.05) is 6.07 Å². The molecule has 0 radical (unpaired) electrons. The Balaban J connectivity index is 1.79. The Morgan fingerprint density at radius 1 is 1.32 bits per heavy atom. The Morgan fingerprint density at radius 2 is 2.00 bits per heavy atom. The van der Waals surface area contributed by atoms with Crippen molar-refractivity contribution in [3.05, 3.63) is 52.6 Å².